The molecule has 2 heterocycles. The van der Waals surface area contributed by atoms with E-state index in [1.165, 1.54) is 54.4 Å². The highest BCUT2D eigenvalue weighted by Crippen LogP contribution is 2.23. The zero-order chi connectivity index (χ0) is 22.1. The molecule has 0 saturated carbocycles. The number of nitrogens with one attached hydrogen (secondary N) is 1. The van der Waals surface area contributed by atoms with Crippen molar-refractivity contribution in [2.75, 3.05) is 13.1 Å². The highest BCUT2D eigenvalue weighted by Gasteiger charge is 2.15. The number of aliphatic carboxylic acids is 2. The van der Waals surface area contributed by atoms with Gasteiger partial charge in [0.15, 0.2) is 0 Å². The van der Waals surface area contributed by atoms with Crippen LogP contribution >= 0.6 is 0 Å². The predicted molar refractivity (Wildman–Crippen MR) is 121 cm³/mol. The molecule has 0 radical (unpaired) electrons. The Labute approximate surface area is 181 Å². The molecule has 0 bridgehead atoms. The molecule has 3 N–H and O–H groups in total. The van der Waals surface area contributed by atoms with E-state index in [1.807, 2.05) is 0 Å². The number of carboxylic acid groups (broad SMARTS) is 2. The van der Waals surface area contributed by atoms with Crippen LogP contribution in [0.25, 0.3) is 10.9 Å². The molecular weight excluding hydrogens is 392 g/mol. The Hall–Kier alpha value is -3.38. The van der Waals surface area contributed by atoms with Crippen LogP contribution in [0.5, 0.6) is 0 Å². The van der Waals surface area contributed by atoms with Gasteiger partial charge in [-0.2, -0.15) is 0 Å². The van der Waals surface area contributed by atoms with E-state index in [-0.39, 0.29) is 0 Å². The monoisotopic (exact) mass is 420 g/mol. The minimum Gasteiger partial charge on any atom is -0.473 e. The molecule has 1 saturated heterocycles. The lowest BCUT2D eigenvalue weighted by Gasteiger charge is -2.28. The average Bonchev–Trinajstić information content (AvgIpc) is 3.19. The summed E-state index contributed by atoms with van der Waals surface area (Å²) in [6, 6.07) is 19.4. The number of carbonyl (C=O) groups is 2. The third kappa shape index (κ3) is 6.83. The van der Waals surface area contributed by atoms with E-state index in [2.05, 4.69) is 76.8 Å². The van der Waals surface area contributed by atoms with E-state index in [0.717, 1.165) is 13.0 Å². The van der Waals surface area contributed by atoms with Crippen molar-refractivity contribution < 1.29 is 19.8 Å². The molecule has 6 nitrogen and oxygen atoms in total. The SMILES string of the molecule is C(CCc1ccccc1)=C1CCN(Cc2c[nH]c3ccccc23)CC1.O=C(O)C(=O)O. The highest BCUT2D eigenvalue weighted by atomic mass is 16.4. The molecule has 31 heavy (non-hydrogen) atoms. The van der Waals surface area contributed by atoms with Crippen molar-refractivity contribution in [2.24, 2.45) is 0 Å². The van der Waals surface area contributed by atoms with Crippen LogP contribution in [0.2, 0.25) is 0 Å². The minimum absolute atomic E-state index is 1.06. The second kappa shape index (κ2) is 11.1. The Bertz CT molecular complexity index is 1020. The molecule has 2 aromatic carbocycles. The van der Waals surface area contributed by atoms with Crippen molar-refractivity contribution in [1.82, 2.24) is 9.88 Å². The Balaban J connectivity index is 0.000000401. The molecule has 0 amide bonds. The van der Waals surface area contributed by atoms with Gasteiger partial charge in [0.1, 0.15) is 0 Å². The number of para-hydroxylation sites is 1. The van der Waals surface area contributed by atoms with Crippen molar-refractivity contribution in [3.8, 4) is 0 Å². The smallest absolute Gasteiger partial charge is 0.414 e. The Morgan fingerprint density at radius 2 is 1.58 bits per heavy atom. The molecule has 3 aromatic rings. The number of allylic oxidation sites excluding steroid dienone is 1. The summed E-state index contributed by atoms with van der Waals surface area (Å²) in [4.78, 5) is 24.2. The number of benzene rings is 2. The van der Waals surface area contributed by atoms with Gasteiger partial charge < -0.3 is 15.2 Å². The standard InChI is InChI=1S/C23H26N2.C2H2O4/c1-2-7-19(8-3-1)9-6-10-20-13-15-25(16-14-20)18-21-17-24-23-12-5-4-11-22(21)23;3-1(4)2(5)6/h1-5,7-8,10-12,17,24H,6,9,13-16,18H2;(H,3,4)(H,5,6). The van der Waals surface area contributed by atoms with Crippen molar-refractivity contribution >= 4 is 22.8 Å². The zero-order valence-electron chi connectivity index (χ0n) is 17.5. The van der Waals surface area contributed by atoms with Gasteiger partial charge in [0.05, 0.1) is 0 Å². The minimum atomic E-state index is -1.82. The first kappa shape index (κ1) is 22.3. The van der Waals surface area contributed by atoms with E-state index in [0.29, 0.717) is 0 Å². The molecule has 1 aliphatic heterocycles. The quantitative estimate of drug-likeness (QED) is 0.418. The molecule has 0 atom stereocenters. The fourth-order valence-corrected chi connectivity index (χ4v) is 3.79. The summed E-state index contributed by atoms with van der Waals surface area (Å²) < 4.78 is 0. The first-order valence-electron chi connectivity index (χ1n) is 10.5. The van der Waals surface area contributed by atoms with Crippen LogP contribution in [-0.4, -0.2) is 45.1 Å². The molecule has 162 valence electrons. The molecule has 0 unspecified atom stereocenters. The first-order chi connectivity index (χ1) is 15.0. The van der Waals surface area contributed by atoms with E-state index in [4.69, 9.17) is 19.8 Å². The number of hydrogen-bond acceptors (Lipinski definition) is 3. The molecular formula is C25H28N2O4. The fraction of sp³-hybridized carbons (Fsp3) is 0.280. The number of aromatic amines is 1. The van der Waals surface area contributed by atoms with Gasteiger partial charge >= 0.3 is 11.9 Å². The third-order valence-corrected chi connectivity index (χ3v) is 5.46. The number of fused-ring (bicyclic) bond motifs is 1. The number of H-pyrrole nitrogens is 1. The van der Waals surface area contributed by atoms with Crippen molar-refractivity contribution in [2.45, 2.75) is 32.2 Å². The van der Waals surface area contributed by atoms with Crippen LogP contribution in [0.4, 0.5) is 0 Å². The summed E-state index contributed by atoms with van der Waals surface area (Å²) >= 11 is 0. The maximum Gasteiger partial charge on any atom is 0.414 e. The van der Waals surface area contributed by atoms with Crippen LogP contribution < -0.4 is 0 Å². The van der Waals surface area contributed by atoms with E-state index < -0.39 is 11.9 Å². The number of aromatic nitrogens is 1. The number of carboxylic acids is 2. The van der Waals surface area contributed by atoms with E-state index in [1.54, 1.807) is 5.57 Å². The molecule has 0 spiro atoms. The van der Waals surface area contributed by atoms with Crippen LogP contribution in [0.3, 0.4) is 0 Å². The van der Waals surface area contributed by atoms with Gasteiger partial charge in [-0.25, -0.2) is 9.59 Å². The fourth-order valence-electron chi connectivity index (χ4n) is 3.79. The molecule has 1 fully saturated rings. The lowest BCUT2D eigenvalue weighted by molar-refractivity contribution is -0.159. The average molecular weight is 421 g/mol. The van der Waals surface area contributed by atoms with Gasteiger partial charge in [-0.15, -0.1) is 0 Å². The van der Waals surface area contributed by atoms with Crippen molar-refractivity contribution in [1.29, 1.82) is 0 Å². The Morgan fingerprint density at radius 3 is 2.26 bits per heavy atom. The largest absolute Gasteiger partial charge is 0.473 e. The Kier molecular flexibility index (Phi) is 8.01. The zero-order valence-corrected chi connectivity index (χ0v) is 17.5. The molecule has 1 aromatic heterocycles. The highest BCUT2D eigenvalue weighted by molar-refractivity contribution is 6.27. The summed E-state index contributed by atoms with van der Waals surface area (Å²) in [6.45, 7) is 3.41. The third-order valence-electron chi connectivity index (χ3n) is 5.46. The Morgan fingerprint density at radius 1 is 0.935 bits per heavy atom. The maximum atomic E-state index is 9.10. The summed E-state index contributed by atoms with van der Waals surface area (Å²) in [5.74, 6) is -3.65. The van der Waals surface area contributed by atoms with Crippen LogP contribution in [0, 0.1) is 0 Å². The van der Waals surface area contributed by atoms with Gasteiger partial charge in [0.2, 0.25) is 0 Å². The van der Waals surface area contributed by atoms with Gasteiger partial charge in [-0.05, 0) is 42.9 Å². The van der Waals surface area contributed by atoms with Crippen LogP contribution in [0.15, 0.2) is 72.4 Å². The summed E-state index contributed by atoms with van der Waals surface area (Å²) in [7, 11) is 0. The second-order valence-corrected chi connectivity index (χ2v) is 7.63. The van der Waals surface area contributed by atoms with E-state index in [9.17, 15) is 0 Å². The lowest BCUT2D eigenvalue weighted by Crippen LogP contribution is -2.30. The van der Waals surface area contributed by atoms with Crippen molar-refractivity contribution in [3.63, 3.8) is 0 Å². The molecule has 6 heteroatoms. The topological polar surface area (TPSA) is 93.6 Å². The molecule has 0 aliphatic carbocycles. The summed E-state index contributed by atoms with van der Waals surface area (Å²) in [5, 5.41) is 16.1. The normalized spacial score (nSPS) is 14.0. The number of piperidine rings is 1. The number of rotatable bonds is 5. The van der Waals surface area contributed by atoms with Crippen LogP contribution in [-0.2, 0) is 22.6 Å². The predicted octanol–water partition coefficient (Wildman–Crippen LogP) is 4.48. The van der Waals surface area contributed by atoms with Crippen LogP contribution in [0.1, 0.15) is 30.4 Å². The van der Waals surface area contributed by atoms with Gasteiger partial charge in [-0.1, -0.05) is 60.2 Å². The first-order valence-corrected chi connectivity index (χ1v) is 10.5. The van der Waals surface area contributed by atoms with Crippen molar-refractivity contribution in [3.05, 3.63) is 83.6 Å². The number of nitrogens with zero attached hydrogens (tertiary/aromatic N) is 1. The number of likely N-dealkylation sites (tertiary alicyclic amines) is 1. The van der Waals surface area contributed by atoms with Gasteiger partial charge in [0, 0.05) is 36.7 Å². The summed E-state index contributed by atoms with van der Waals surface area (Å²) in [6.07, 6.45) is 9.42. The molecule has 4 rings (SSSR count). The lowest BCUT2D eigenvalue weighted by atomic mass is 10.0. The number of hydrogen-bond donors (Lipinski definition) is 3. The number of aryl methyl sites for hydroxylation is 1. The second-order valence-electron chi connectivity index (χ2n) is 7.63. The van der Waals surface area contributed by atoms with Gasteiger partial charge in [-0.3, -0.25) is 4.90 Å². The van der Waals surface area contributed by atoms with E-state index >= 15 is 0 Å². The summed E-state index contributed by atoms with van der Waals surface area (Å²) in [5.41, 5.74) is 5.75. The maximum absolute atomic E-state index is 9.10. The van der Waals surface area contributed by atoms with Gasteiger partial charge in [0.25, 0.3) is 0 Å². The molecule has 1 aliphatic rings.